The van der Waals surface area contributed by atoms with E-state index < -0.39 is 5.97 Å². The number of hydrogen-bond donors (Lipinski definition) is 2. The van der Waals surface area contributed by atoms with Gasteiger partial charge in [0.2, 0.25) is 0 Å². The van der Waals surface area contributed by atoms with Gasteiger partial charge in [-0.1, -0.05) is 18.2 Å². The molecule has 0 unspecified atom stereocenters. The number of nitrogens with one attached hydrogen (secondary N) is 1. The number of carboxylic acids is 1. The third-order valence-electron chi connectivity index (χ3n) is 3.18. The minimum atomic E-state index is -0.848. The van der Waals surface area contributed by atoms with Crippen molar-refractivity contribution in [3.8, 4) is 0 Å². The summed E-state index contributed by atoms with van der Waals surface area (Å²) in [7, 11) is 0. The van der Waals surface area contributed by atoms with Crippen molar-refractivity contribution in [1.29, 1.82) is 0 Å². The number of amides is 1. The molecule has 1 fully saturated rings. The van der Waals surface area contributed by atoms with Crippen LogP contribution in [0.5, 0.6) is 0 Å². The van der Waals surface area contributed by atoms with Crippen molar-refractivity contribution in [2.45, 2.75) is 25.4 Å². The van der Waals surface area contributed by atoms with Gasteiger partial charge in [-0.15, -0.1) is 0 Å². The lowest BCUT2D eigenvalue weighted by Gasteiger charge is -2.37. The SMILES string of the molecule is C[C@H]1CN(C(=O)c2ccccc2)C[C@@H](CC(=O)O)N1. The van der Waals surface area contributed by atoms with Crippen molar-refractivity contribution in [2.75, 3.05) is 13.1 Å². The molecule has 0 aromatic heterocycles. The van der Waals surface area contributed by atoms with Crippen LogP contribution >= 0.6 is 0 Å². The number of benzene rings is 1. The van der Waals surface area contributed by atoms with E-state index >= 15 is 0 Å². The van der Waals surface area contributed by atoms with Gasteiger partial charge in [0, 0.05) is 30.7 Å². The number of hydrogen-bond acceptors (Lipinski definition) is 3. The normalized spacial score (nSPS) is 23.1. The summed E-state index contributed by atoms with van der Waals surface area (Å²) in [6.07, 6.45) is 0.0307. The second kappa shape index (κ2) is 5.84. The van der Waals surface area contributed by atoms with E-state index in [1.54, 1.807) is 17.0 Å². The van der Waals surface area contributed by atoms with Gasteiger partial charge in [0.15, 0.2) is 0 Å². The minimum absolute atomic E-state index is 0.0307. The van der Waals surface area contributed by atoms with E-state index in [1.165, 1.54) is 0 Å². The second-order valence-corrected chi connectivity index (χ2v) is 4.94. The molecule has 2 atom stereocenters. The molecular weight excluding hydrogens is 244 g/mol. The number of nitrogens with zero attached hydrogens (tertiary/aromatic N) is 1. The van der Waals surface area contributed by atoms with Gasteiger partial charge in [-0.2, -0.15) is 0 Å². The van der Waals surface area contributed by atoms with E-state index in [0.717, 1.165) is 0 Å². The molecular formula is C14H18N2O3. The lowest BCUT2D eigenvalue weighted by atomic mass is 10.1. The molecule has 0 aliphatic carbocycles. The van der Waals surface area contributed by atoms with Gasteiger partial charge < -0.3 is 15.3 Å². The summed E-state index contributed by atoms with van der Waals surface area (Å²) in [4.78, 5) is 24.8. The van der Waals surface area contributed by atoms with Gasteiger partial charge in [0.1, 0.15) is 0 Å². The van der Waals surface area contributed by atoms with Crippen molar-refractivity contribution < 1.29 is 14.7 Å². The van der Waals surface area contributed by atoms with Crippen molar-refractivity contribution >= 4 is 11.9 Å². The molecule has 1 aliphatic heterocycles. The molecule has 2 rings (SSSR count). The van der Waals surface area contributed by atoms with Crippen LogP contribution in [-0.4, -0.2) is 47.1 Å². The molecule has 1 saturated heterocycles. The quantitative estimate of drug-likeness (QED) is 0.851. The fraction of sp³-hybridized carbons (Fsp3) is 0.429. The smallest absolute Gasteiger partial charge is 0.304 e. The zero-order valence-corrected chi connectivity index (χ0v) is 10.9. The van der Waals surface area contributed by atoms with E-state index in [2.05, 4.69) is 5.32 Å². The number of aliphatic carboxylic acids is 1. The molecule has 0 radical (unpaired) electrons. The summed E-state index contributed by atoms with van der Waals surface area (Å²) in [5.41, 5.74) is 0.644. The average Bonchev–Trinajstić information content (AvgIpc) is 2.37. The number of carbonyl (C=O) groups excluding carboxylic acids is 1. The molecule has 102 valence electrons. The van der Waals surface area contributed by atoms with Crippen LogP contribution in [0.1, 0.15) is 23.7 Å². The van der Waals surface area contributed by atoms with Crippen molar-refractivity contribution in [1.82, 2.24) is 10.2 Å². The van der Waals surface area contributed by atoms with Crippen molar-refractivity contribution in [3.63, 3.8) is 0 Å². The Morgan fingerprint density at radius 3 is 2.63 bits per heavy atom. The van der Waals surface area contributed by atoms with E-state index in [9.17, 15) is 9.59 Å². The first-order chi connectivity index (χ1) is 9.06. The average molecular weight is 262 g/mol. The zero-order valence-electron chi connectivity index (χ0n) is 10.9. The summed E-state index contributed by atoms with van der Waals surface area (Å²) >= 11 is 0. The molecule has 0 saturated carbocycles. The lowest BCUT2D eigenvalue weighted by molar-refractivity contribution is -0.137. The van der Waals surface area contributed by atoms with Crippen LogP contribution in [0.15, 0.2) is 30.3 Å². The molecule has 0 spiro atoms. The Morgan fingerprint density at radius 1 is 1.32 bits per heavy atom. The molecule has 1 heterocycles. The molecule has 5 heteroatoms. The highest BCUT2D eigenvalue weighted by Gasteiger charge is 2.28. The highest BCUT2D eigenvalue weighted by atomic mass is 16.4. The maximum absolute atomic E-state index is 12.3. The third-order valence-corrected chi connectivity index (χ3v) is 3.18. The molecule has 1 aromatic carbocycles. The Balaban J connectivity index is 2.07. The summed E-state index contributed by atoms with van der Waals surface area (Å²) in [6, 6.07) is 8.99. The van der Waals surface area contributed by atoms with Crippen LogP contribution in [0.25, 0.3) is 0 Å². The number of carboxylic acid groups (broad SMARTS) is 1. The molecule has 1 amide bonds. The standard InChI is InChI=1S/C14H18N2O3/c1-10-8-16(9-12(15-10)7-13(17)18)14(19)11-5-3-2-4-6-11/h2-6,10,12,15H,7-9H2,1H3,(H,17,18)/t10-,12+/m0/s1. The number of carbonyl (C=O) groups is 2. The lowest BCUT2D eigenvalue weighted by Crippen LogP contribution is -2.57. The Hall–Kier alpha value is -1.88. The molecule has 0 bridgehead atoms. The fourth-order valence-electron chi connectivity index (χ4n) is 2.44. The van der Waals surface area contributed by atoms with Crippen molar-refractivity contribution in [2.24, 2.45) is 0 Å². The molecule has 1 aliphatic rings. The Bertz CT molecular complexity index is 461. The largest absolute Gasteiger partial charge is 0.481 e. The number of rotatable bonds is 3. The first-order valence-corrected chi connectivity index (χ1v) is 6.38. The topological polar surface area (TPSA) is 69.6 Å². The maximum atomic E-state index is 12.3. The monoisotopic (exact) mass is 262 g/mol. The summed E-state index contributed by atoms with van der Waals surface area (Å²) in [5.74, 6) is -0.886. The highest BCUT2D eigenvalue weighted by molar-refractivity contribution is 5.94. The van der Waals surface area contributed by atoms with Crippen LogP contribution in [0, 0.1) is 0 Å². The fourth-order valence-corrected chi connectivity index (χ4v) is 2.44. The minimum Gasteiger partial charge on any atom is -0.481 e. The van der Waals surface area contributed by atoms with Gasteiger partial charge in [-0.25, -0.2) is 0 Å². The summed E-state index contributed by atoms with van der Waals surface area (Å²) < 4.78 is 0. The van der Waals surface area contributed by atoms with E-state index in [-0.39, 0.29) is 24.4 Å². The third kappa shape index (κ3) is 3.54. The van der Waals surface area contributed by atoms with E-state index in [1.807, 2.05) is 25.1 Å². The number of piperazine rings is 1. The van der Waals surface area contributed by atoms with Gasteiger partial charge in [-0.3, -0.25) is 9.59 Å². The van der Waals surface area contributed by atoms with Crippen LogP contribution in [-0.2, 0) is 4.79 Å². The van der Waals surface area contributed by atoms with Crippen molar-refractivity contribution in [3.05, 3.63) is 35.9 Å². The van der Waals surface area contributed by atoms with Crippen LogP contribution < -0.4 is 5.32 Å². The predicted molar refractivity (Wildman–Crippen MR) is 71.0 cm³/mol. The molecule has 1 aromatic rings. The van der Waals surface area contributed by atoms with Gasteiger partial charge in [0.25, 0.3) is 5.91 Å². The van der Waals surface area contributed by atoms with Gasteiger partial charge >= 0.3 is 5.97 Å². The van der Waals surface area contributed by atoms with E-state index in [0.29, 0.717) is 18.7 Å². The first kappa shape index (κ1) is 13.5. The molecule has 2 N–H and O–H groups in total. The Kier molecular flexibility index (Phi) is 4.16. The Labute approximate surface area is 112 Å². The first-order valence-electron chi connectivity index (χ1n) is 6.38. The highest BCUT2D eigenvalue weighted by Crippen LogP contribution is 2.12. The second-order valence-electron chi connectivity index (χ2n) is 4.94. The van der Waals surface area contributed by atoms with Crippen LogP contribution in [0.4, 0.5) is 0 Å². The molecule has 19 heavy (non-hydrogen) atoms. The molecule has 5 nitrogen and oxygen atoms in total. The predicted octanol–water partition coefficient (Wildman–Crippen LogP) is 0.964. The van der Waals surface area contributed by atoms with Crippen LogP contribution in [0.3, 0.4) is 0 Å². The van der Waals surface area contributed by atoms with E-state index in [4.69, 9.17) is 5.11 Å². The maximum Gasteiger partial charge on any atom is 0.304 e. The summed E-state index contributed by atoms with van der Waals surface area (Å²) in [5, 5.41) is 12.1. The van der Waals surface area contributed by atoms with Crippen LogP contribution in [0.2, 0.25) is 0 Å². The van der Waals surface area contributed by atoms with Gasteiger partial charge in [0.05, 0.1) is 6.42 Å². The summed E-state index contributed by atoms with van der Waals surface area (Å²) in [6.45, 7) is 2.99. The zero-order chi connectivity index (χ0) is 13.8. The van der Waals surface area contributed by atoms with Gasteiger partial charge in [-0.05, 0) is 19.1 Å². The Morgan fingerprint density at radius 2 is 2.00 bits per heavy atom.